The number of carboxylic acids is 1. The third kappa shape index (κ3) is 4.77. The number of rotatable bonds is 6. The Kier molecular flexibility index (Phi) is 7.43. The zero-order valence-corrected chi connectivity index (χ0v) is 22.6. The van der Waals surface area contributed by atoms with Crippen LogP contribution in [-0.2, 0) is 27.1 Å². The van der Waals surface area contributed by atoms with Crippen molar-refractivity contribution in [1.29, 1.82) is 0 Å². The molecule has 1 aliphatic carbocycles. The number of hydrogen-bond donors (Lipinski definition) is 1. The van der Waals surface area contributed by atoms with Crippen molar-refractivity contribution in [2.45, 2.75) is 82.9 Å². The van der Waals surface area contributed by atoms with Crippen LogP contribution in [0.4, 0.5) is 10.5 Å². The van der Waals surface area contributed by atoms with Crippen LogP contribution in [-0.4, -0.2) is 53.1 Å². The molecule has 5 rings (SSSR count). The lowest BCUT2D eigenvalue weighted by atomic mass is 9.91. The average Bonchev–Trinajstić information content (AvgIpc) is 3.30. The summed E-state index contributed by atoms with van der Waals surface area (Å²) in [6.07, 6.45) is 5.59. The summed E-state index contributed by atoms with van der Waals surface area (Å²) in [5, 5.41) is 10.2. The second kappa shape index (κ2) is 10.8. The number of amides is 1. The molecule has 2 heterocycles. The fourth-order valence-electron chi connectivity index (χ4n) is 6.24. The van der Waals surface area contributed by atoms with Crippen molar-refractivity contribution in [3.63, 3.8) is 0 Å². The number of aryl methyl sites for hydroxylation is 2. The van der Waals surface area contributed by atoms with Crippen molar-refractivity contribution >= 4 is 28.8 Å². The first-order valence-electron chi connectivity index (χ1n) is 13.5. The summed E-state index contributed by atoms with van der Waals surface area (Å²) in [5.41, 5.74) is 5.59. The van der Waals surface area contributed by atoms with Gasteiger partial charge in [0.05, 0.1) is 35.9 Å². The maximum absolute atomic E-state index is 12.7. The summed E-state index contributed by atoms with van der Waals surface area (Å²) in [4.78, 5) is 32.0. The van der Waals surface area contributed by atoms with E-state index in [2.05, 4.69) is 4.57 Å². The monoisotopic (exact) mass is 519 g/mol. The Balaban J connectivity index is 1.63. The largest absolute Gasteiger partial charge is 0.481 e. The van der Waals surface area contributed by atoms with Gasteiger partial charge in [-0.25, -0.2) is 9.78 Å². The molecule has 1 N–H and O–H groups in total. The Morgan fingerprint density at radius 2 is 1.76 bits per heavy atom. The molecule has 202 valence electrons. The van der Waals surface area contributed by atoms with Crippen molar-refractivity contribution in [3.8, 4) is 0 Å². The number of carbonyl (C=O) groups excluding carboxylic acids is 1. The van der Waals surface area contributed by atoms with Gasteiger partial charge in [0.15, 0.2) is 0 Å². The Hall–Kier alpha value is -3.39. The van der Waals surface area contributed by atoms with Crippen LogP contribution in [0.3, 0.4) is 0 Å². The molecule has 2 atom stereocenters. The molecule has 1 saturated carbocycles. The Labute approximate surface area is 223 Å². The number of carboxylic acid groups (broad SMARTS) is 1. The van der Waals surface area contributed by atoms with Gasteiger partial charge in [0, 0.05) is 31.2 Å². The van der Waals surface area contributed by atoms with Crippen molar-refractivity contribution in [2.24, 2.45) is 0 Å². The zero-order chi connectivity index (χ0) is 27.0. The quantitative estimate of drug-likeness (QED) is 0.443. The molecule has 2 aliphatic rings. The first kappa shape index (κ1) is 26.2. The molecule has 0 unspecified atom stereocenters. The minimum Gasteiger partial charge on any atom is -0.481 e. The molecule has 1 fully saturated rings. The van der Waals surface area contributed by atoms with Crippen LogP contribution in [0.15, 0.2) is 36.4 Å². The van der Waals surface area contributed by atoms with Gasteiger partial charge in [0.2, 0.25) is 0 Å². The second-order valence-electron chi connectivity index (χ2n) is 10.7. The molecule has 38 heavy (non-hydrogen) atoms. The molecule has 2 aromatic carbocycles. The van der Waals surface area contributed by atoms with E-state index in [0.717, 1.165) is 77.8 Å². The molecule has 0 bridgehead atoms. The van der Waals surface area contributed by atoms with Crippen LogP contribution >= 0.6 is 0 Å². The van der Waals surface area contributed by atoms with E-state index in [-0.39, 0.29) is 24.3 Å². The van der Waals surface area contributed by atoms with E-state index in [9.17, 15) is 14.7 Å². The van der Waals surface area contributed by atoms with E-state index in [1.54, 1.807) is 12.0 Å². The molecule has 8 nitrogen and oxygen atoms in total. The Morgan fingerprint density at radius 3 is 2.39 bits per heavy atom. The Bertz CT molecular complexity index is 1320. The highest BCUT2D eigenvalue weighted by Crippen LogP contribution is 2.40. The maximum atomic E-state index is 12.7. The van der Waals surface area contributed by atoms with Crippen molar-refractivity contribution in [2.75, 3.05) is 19.1 Å². The number of nitrogens with zero attached hydrogens (tertiary/aromatic N) is 3. The van der Waals surface area contributed by atoms with E-state index < -0.39 is 11.9 Å². The third-order valence-electron chi connectivity index (χ3n) is 8.41. The molecule has 1 aliphatic heterocycles. The number of carbonyl (C=O) groups is 2. The van der Waals surface area contributed by atoms with Crippen LogP contribution < -0.4 is 4.90 Å². The molecule has 0 radical (unpaired) electrons. The van der Waals surface area contributed by atoms with Gasteiger partial charge in [-0.3, -0.25) is 9.69 Å². The van der Waals surface area contributed by atoms with Crippen LogP contribution in [0.5, 0.6) is 0 Å². The Morgan fingerprint density at radius 1 is 1.05 bits per heavy atom. The minimum atomic E-state index is -0.858. The average molecular weight is 520 g/mol. The fraction of sp³-hybridized carbons (Fsp3) is 0.500. The van der Waals surface area contributed by atoms with Crippen LogP contribution in [0.25, 0.3) is 11.0 Å². The standard InChI is InChI=1S/C30H37N3O5/c1-18-5-8-20(9-6-18)24(29(34)35)17-27-31-28-23-14-7-19(2)32(30(36)38-4)25(23)15-16-26(28)33(27)21-10-12-22(37-3)13-11-21/h5-6,8-9,15-16,19,21-22,24H,7,10-14,17H2,1-4H3,(H,34,35)/t19-,21?,22?,24-/m0/s1. The summed E-state index contributed by atoms with van der Waals surface area (Å²) >= 11 is 0. The van der Waals surface area contributed by atoms with E-state index in [0.29, 0.717) is 6.42 Å². The SMILES string of the molecule is COC(=O)N1c2ccc3c(nc(C[C@H](C(=O)O)c4ccc(C)cc4)n3C3CCC(OC)CC3)c2CC[C@@H]1C. The second-order valence-corrected chi connectivity index (χ2v) is 10.7. The van der Waals surface area contributed by atoms with Crippen molar-refractivity contribution in [1.82, 2.24) is 9.55 Å². The summed E-state index contributed by atoms with van der Waals surface area (Å²) < 4.78 is 13.0. The van der Waals surface area contributed by atoms with Crippen molar-refractivity contribution in [3.05, 3.63) is 58.9 Å². The number of anilines is 1. The van der Waals surface area contributed by atoms with Gasteiger partial charge in [-0.15, -0.1) is 0 Å². The first-order valence-corrected chi connectivity index (χ1v) is 13.5. The summed E-state index contributed by atoms with van der Waals surface area (Å²) in [7, 11) is 3.17. The first-order chi connectivity index (χ1) is 18.3. The van der Waals surface area contributed by atoms with Gasteiger partial charge in [0.1, 0.15) is 5.82 Å². The number of ether oxygens (including phenoxy) is 2. The molecular formula is C30H37N3O5. The summed E-state index contributed by atoms with van der Waals surface area (Å²) in [6, 6.07) is 12.0. The van der Waals surface area contributed by atoms with Gasteiger partial charge in [-0.05, 0) is 70.1 Å². The molecule has 8 heteroatoms. The minimum absolute atomic E-state index is 0.0243. The van der Waals surface area contributed by atoms with E-state index >= 15 is 0 Å². The normalized spacial score (nSPS) is 22.2. The van der Waals surface area contributed by atoms with E-state index in [4.69, 9.17) is 14.5 Å². The molecule has 1 aromatic heterocycles. The van der Waals surface area contributed by atoms with Gasteiger partial charge < -0.3 is 19.1 Å². The highest BCUT2D eigenvalue weighted by atomic mass is 16.5. The van der Waals surface area contributed by atoms with Crippen LogP contribution in [0, 0.1) is 6.92 Å². The number of imidazole rings is 1. The molecule has 0 saturated heterocycles. The highest BCUT2D eigenvalue weighted by molar-refractivity contribution is 5.95. The zero-order valence-electron chi connectivity index (χ0n) is 22.6. The number of methoxy groups -OCH3 is 2. The smallest absolute Gasteiger partial charge is 0.414 e. The van der Waals surface area contributed by atoms with E-state index in [1.807, 2.05) is 50.2 Å². The van der Waals surface area contributed by atoms with Crippen LogP contribution in [0.2, 0.25) is 0 Å². The molecule has 0 spiro atoms. The third-order valence-corrected chi connectivity index (χ3v) is 8.41. The highest BCUT2D eigenvalue weighted by Gasteiger charge is 2.34. The molecule has 3 aromatic rings. The van der Waals surface area contributed by atoms with E-state index in [1.165, 1.54) is 7.11 Å². The summed E-state index contributed by atoms with van der Waals surface area (Å²) in [5.74, 6) is -0.780. The number of fused-ring (bicyclic) bond motifs is 3. The number of aromatic nitrogens is 2. The number of hydrogen-bond acceptors (Lipinski definition) is 5. The lowest BCUT2D eigenvalue weighted by molar-refractivity contribution is -0.138. The predicted octanol–water partition coefficient (Wildman–Crippen LogP) is 5.79. The molecular weight excluding hydrogens is 482 g/mol. The van der Waals surface area contributed by atoms with Gasteiger partial charge in [-0.2, -0.15) is 0 Å². The summed E-state index contributed by atoms with van der Waals surface area (Å²) in [6.45, 7) is 4.03. The topological polar surface area (TPSA) is 93.9 Å². The number of benzene rings is 2. The molecule has 1 amide bonds. The van der Waals surface area contributed by atoms with Gasteiger partial charge in [0.25, 0.3) is 0 Å². The van der Waals surface area contributed by atoms with Crippen molar-refractivity contribution < 1.29 is 24.2 Å². The lowest BCUT2D eigenvalue weighted by Crippen LogP contribution is -2.42. The van der Waals surface area contributed by atoms with Gasteiger partial charge in [-0.1, -0.05) is 29.8 Å². The fourth-order valence-corrected chi connectivity index (χ4v) is 6.24. The predicted molar refractivity (Wildman–Crippen MR) is 146 cm³/mol. The van der Waals surface area contributed by atoms with Crippen LogP contribution in [0.1, 0.15) is 73.5 Å². The number of aliphatic carboxylic acids is 1. The maximum Gasteiger partial charge on any atom is 0.414 e. The lowest BCUT2D eigenvalue weighted by Gasteiger charge is -2.34. The van der Waals surface area contributed by atoms with Gasteiger partial charge >= 0.3 is 12.1 Å².